The number of rotatable bonds is 2. The molecule has 0 saturated heterocycles. The van der Waals surface area contributed by atoms with Crippen LogP contribution in [0.2, 0.25) is 0 Å². The number of H-pyrrole nitrogens is 1. The lowest BCUT2D eigenvalue weighted by atomic mass is 10.3. The van der Waals surface area contributed by atoms with E-state index in [0.29, 0.717) is 5.56 Å². The molecular formula is C13H8F3N5O2. The van der Waals surface area contributed by atoms with Crippen LogP contribution in [-0.2, 0) is 6.18 Å². The van der Waals surface area contributed by atoms with Crippen LogP contribution < -0.4 is 5.56 Å². The summed E-state index contributed by atoms with van der Waals surface area (Å²) in [6.45, 7) is 1.40. The maximum atomic E-state index is 12.7. The fourth-order valence-electron chi connectivity index (χ4n) is 1.80. The van der Waals surface area contributed by atoms with E-state index in [2.05, 4.69) is 25.1 Å². The minimum absolute atomic E-state index is 0.112. The first-order chi connectivity index (χ1) is 10.8. The summed E-state index contributed by atoms with van der Waals surface area (Å²) in [6.07, 6.45) is -3.31. The van der Waals surface area contributed by atoms with E-state index in [0.717, 1.165) is 0 Å². The second-order valence-electron chi connectivity index (χ2n) is 4.58. The molecule has 0 saturated carbocycles. The highest BCUT2D eigenvalue weighted by atomic mass is 19.4. The van der Waals surface area contributed by atoms with Crippen molar-refractivity contribution in [2.45, 2.75) is 13.1 Å². The molecule has 1 N–H and O–H groups in total. The van der Waals surface area contributed by atoms with Gasteiger partial charge in [0, 0.05) is 23.5 Å². The lowest BCUT2D eigenvalue weighted by Gasteiger charge is -2.06. The number of halogens is 3. The summed E-state index contributed by atoms with van der Waals surface area (Å²) in [6, 6.07) is 4.03. The minimum atomic E-state index is -4.68. The molecule has 23 heavy (non-hydrogen) atoms. The van der Waals surface area contributed by atoms with Gasteiger partial charge in [-0.25, -0.2) is 9.97 Å². The van der Waals surface area contributed by atoms with Gasteiger partial charge in [0.1, 0.15) is 5.69 Å². The maximum Gasteiger partial charge on any atom is 0.451 e. The van der Waals surface area contributed by atoms with Crippen molar-refractivity contribution in [2.75, 3.05) is 0 Å². The van der Waals surface area contributed by atoms with Gasteiger partial charge in [0.05, 0.1) is 0 Å². The first kappa shape index (κ1) is 14.9. The molecule has 0 atom stereocenters. The Bertz CT molecular complexity index is 896. The molecule has 0 aliphatic rings. The van der Waals surface area contributed by atoms with Crippen molar-refractivity contribution in [3.05, 3.63) is 46.3 Å². The number of pyridine rings is 1. The molecule has 118 valence electrons. The van der Waals surface area contributed by atoms with Gasteiger partial charge in [-0.2, -0.15) is 18.2 Å². The van der Waals surface area contributed by atoms with Crippen LogP contribution in [0.1, 0.15) is 11.5 Å². The van der Waals surface area contributed by atoms with Crippen LogP contribution in [0.5, 0.6) is 0 Å². The molecule has 7 nitrogen and oxygen atoms in total. The van der Waals surface area contributed by atoms with Crippen molar-refractivity contribution < 1.29 is 17.7 Å². The number of nitrogens with one attached hydrogen (secondary N) is 1. The molecule has 3 aromatic heterocycles. The van der Waals surface area contributed by atoms with E-state index < -0.39 is 12.0 Å². The second-order valence-corrected chi connectivity index (χ2v) is 4.58. The van der Waals surface area contributed by atoms with Crippen molar-refractivity contribution in [1.82, 2.24) is 25.1 Å². The summed E-state index contributed by atoms with van der Waals surface area (Å²) in [5.41, 5.74) is 0.124. The molecule has 0 aliphatic heterocycles. The highest BCUT2D eigenvalue weighted by Crippen LogP contribution is 2.28. The van der Waals surface area contributed by atoms with Gasteiger partial charge in [0.25, 0.3) is 5.89 Å². The van der Waals surface area contributed by atoms with Crippen LogP contribution in [0.25, 0.3) is 23.0 Å². The number of hydrogen-bond donors (Lipinski definition) is 1. The monoisotopic (exact) mass is 323 g/mol. The van der Waals surface area contributed by atoms with Gasteiger partial charge < -0.3 is 9.51 Å². The number of hydrogen-bond acceptors (Lipinski definition) is 6. The van der Waals surface area contributed by atoms with E-state index in [1.807, 2.05) is 0 Å². The van der Waals surface area contributed by atoms with E-state index >= 15 is 0 Å². The van der Waals surface area contributed by atoms with Crippen LogP contribution in [0.15, 0.2) is 33.7 Å². The predicted octanol–water partition coefficient (Wildman–Crippen LogP) is 2.21. The molecule has 0 unspecified atom stereocenters. The topological polar surface area (TPSA) is 97.6 Å². The number of alkyl halides is 3. The van der Waals surface area contributed by atoms with Crippen molar-refractivity contribution >= 4 is 0 Å². The fourth-order valence-corrected chi connectivity index (χ4v) is 1.80. The fraction of sp³-hybridized carbons (Fsp3) is 0.154. The van der Waals surface area contributed by atoms with Crippen LogP contribution >= 0.6 is 0 Å². The van der Waals surface area contributed by atoms with Crippen molar-refractivity contribution in [3.63, 3.8) is 0 Å². The zero-order valence-corrected chi connectivity index (χ0v) is 11.5. The zero-order valence-electron chi connectivity index (χ0n) is 11.5. The number of aromatic amines is 1. The summed E-state index contributed by atoms with van der Waals surface area (Å²) in [7, 11) is 0. The Kier molecular flexibility index (Phi) is 3.43. The van der Waals surface area contributed by atoms with Crippen LogP contribution in [-0.4, -0.2) is 25.1 Å². The van der Waals surface area contributed by atoms with E-state index in [1.165, 1.54) is 31.3 Å². The van der Waals surface area contributed by atoms with Crippen LogP contribution in [0, 0.1) is 6.92 Å². The molecule has 3 heterocycles. The van der Waals surface area contributed by atoms with Gasteiger partial charge in [-0.3, -0.25) is 4.79 Å². The van der Waals surface area contributed by atoms with Gasteiger partial charge in [0.2, 0.25) is 17.2 Å². The van der Waals surface area contributed by atoms with Crippen molar-refractivity contribution in [2.24, 2.45) is 0 Å². The number of aryl methyl sites for hydroxylation is 1. The molecule has 3 aromatic rings. The third-order valence-electron chi connectivity index (χ3n) is 2.80. The Labute approximate surface area is 126 Å². The molecule has 0 radical (unpaired) electrons. The maximum absolute atomic E-state index is 12.7. The summed E-state index contributed by atoms with van der Waals surface area (Å²) < 4.78 is 43.2. The summed E-state index contributed by atoms with van der Waals surface area (Å²) >= 11 is 0. The number of aromatic nitrogens is 5. The normalized spacial score (nSPS) is 11.7. The lowest BCUT2D eigenvalue weighted by molar-refractivity contribution is -0.145. The lowest BCUT2D eigenvalue weighted by Crippen LogP contribution is -2.12. The van der Waals surface area contributed by atoms with Gasteiger partial charge in [-0.05, 0) is 19.1 Å². The molecule has 0 aliphatic carbocycles. The van der Waals surface area contributed by atoms with E-state index in [1.54, 1.807) is 0 Å². The molecule has 3 rings (SSSR count). The highest BCUT2D eigenvalue weighted by molar-refractivity contribution is 5.56. The van der Waals surface area contributed by atoms with Crippen LogP contribution in [0.3, 0.4) is 0 Å². The third kappa shape index (κ3) is 3.10. The Morgan fingerprint density at radius 2 is 1.96 bits per heavy atom. The van der Waals surface area contributed by atoms with E-state index in [9.17, 15) is 18.0 Å². The average Bonchev–Trinajstić information content (AvgIpc) is 2.96. The van der Waals surface area contributed by atoms with Gasteiger partial charge in [-0.15, -0.1) is 0 Å². The summed E-state index contributed by atoms with van der Waals surface area (Å²) in [5, 5.41) is 3.66. The molecule has 0 spiro atoms. The van der Waals surface area contributed by atoms with Crippen molar-refractivity contribution in [3.8, 4) is 23.0 Å². The molecule has 0 amide bonds. The van der Waals surface area contributed by atoms with Gasteiger partial charge in [-0.1, -0.05) is 5.16 Å². The largest absolute Gasteiger partial charge is 0.451 e. The first-order valence-electron chi connectivity index (χ1n) is 6.29. The Hall–Kier alpha value is -3.04. The second kappa shape index (κ2) is 5.30. The van der Waals surface area contributed by atoms with Gasteiger partial charge >= 0.3 is 6.18 Å². The Balaban J connectivity index is 2.02. The quantitative estimate of drug-likeness (QED) is 0.776. The zero-order chi connectivity index (χ0) is 16.6. The SMILES string of the molecule is Cc1cc(-c2nc(-c3ccc(=O)[nH]c3)no2)nc(C(F)(F)F)n1. The first-order valence-corrected chi connectivity index (χ1v) is 6.29. The van der Waals surface area contributed by atoms with E-state index in [4.69, 9.17) is 4.52 Å². The van der Waals surface area contributed by atoms with Crippen LogP contribution in [0.4, 0.5) is 13.2 Å². The Morgan fingerprint density at radius 1 is 1.17 bits per heavy atom. The number of nitrogens with zero attached hydrogens (tertiary/aromatic N) is 4. The smallest absolute Gasteiger partial charge is 0.332 e. The Morgan fingerprint density at radius 3 is 2.61 bits per heavy atom. The van der Waals surface area contributed by atoms with E-state index in [-0.39, 0.29) is 28.7 Å². The molecule has 0 fully saturated rings. The molecule has 10 heteroatoms. The van der Waals surface area contributed by atoms with Gasteiger partial charge in [0.15, 0.2) is 0 Å². The highest BCUT2D eigenvalue weighted by Gasteiger charge is 2.35. The standard InChI is InChI=1S/C13H8F3N5O2/c1-6-4-8(19-12(18-6)13(14,15)16)11-20-10(21-23-11)7-2-3-9(22)17-5-7/h2-5H,1H3,(H,17,22). The predicted molar refractivity (Wildman–Crippen MR) is 71.1 cm³/mol. The molecular weight excluding hydrogens is 315 g/mol. The average molecular weight is 323 g/mol. The summed E-state index contributed by atoms with van der Waals surface area (Å²) in [4.78, 5) is 24.2. The molecule has 0 bridgehead atoms. The summed E-state index contributed by atoms with van der Waals surface area (Å²) in [5.74, 6) is -1.35. The molecule has 0 aromatic carbocycles. The van der Waals surface area contributed by atoms with Crippen molar-refractivity contribution in [1.29, 1.82) is 0 Å². The third-order valence-corrected chi connectivity index (χ3v) is 2.80. The minimum Gasteiger partial charge on any atom is -0.332 e.